The number of amides is 1. The first-order valence-corrected chi connectivity index (χ1v) is 7.27. The molecule has 0 aliphatic carbocycles. The minimum absolute atomic E-state index is 0.0817. The van der Waals surface area contributed by atoms with Crippen LogP contribution in [-0.2, 0) is 20.7 Å². The number of nitrogens with one attached hydrogen (secondary N) is 1. The summed E-state index contributed by atoms with van der Waals surface area (Å²) in [5.74, 6) is -1.21. The molecule has 0 saturated carbocycles. The summed E-state index contributed by atoms with van der Waals surface area (Å²) < 4.78 is 10.3. The average molecular weight is 309 g/mol. The quantitative estimate of drug-likeness (QED) is 0.640. The third-order valence-corrected chi connectivity index (χ3v) is 3.23. The van der Waals surface area contributed by atoms with Crippen LogP contribution in [0.4, 0.5) is 0 Å². The molecule has 0 aliphatic heterocycles. The van der Waals surface area contributed by atoms with E-state index < -0.39 is 11.9 Å². The Morgan fingerprint density at radius 2 is 2.05 bits per heavy atom. The van der Waals surface area contributed by atoms with Crippen molar-refractivity contribution >= 4 is 11.9 Å². The molecular formula is C16H23NO5. The lowest BCUT2D eigenvalue weighted by atomic mass is 9.98. The summed E-state index contributed by atoms with van der Waals surface area (Å²) in [6.07, 6.45) is 0.528. The van der Waals surface area contributed by atoms with E-state index in [1.165, 1.54) is 0 Å². The zero-order chi connectivity index (χ0) is 16.4. The number of ether oxygens (including phenoxy) is 2. The molecule has 6 heteroatoms. The van der Waals surface area contributed by atoms with Gasteiger partial charge >= 0.3 is 5.97 Å². The number of carboxylic acids is 1. The van der Waals surface area contributed by atoms with Gasteiger partial charge < -0.3 is 19.9 Å². The molecule has 0 bridgehead atoms. The summed E-state index contributed by atoms with van der Waals surface area (Å²) in [5, 5.41) is 11.9. The monoisotopic (exact) mass is 309 g/mol. The smallest absolute Gasteiger partial charge is 0.308 e. The fraction of sp³-hybridized carbons (Fsp3) is 0.500. The summed E-state index contributed by atoms with van der Waals surface area (Å²) in [6.45, 7) is 2.83. The lowest BCUT2D eigenvalue weighted by molar-refractivity contribution is -0.141. The lowest BCUT2D eigenvalue weighted by Gasteiger charge is -2.15. The van der Waals surface area contributed by atoms with E-state index in [1.807, 2.05) is 25.1 Å². The van der Waals surface area contributed by atoms with Gasteiger partial charge in [0, 0.05) is 19.6 Å². The minimum Gasteiger partial charge on any atom is -0.496 e. The zero-order valence-electron chi connectivity index (χ0n) is 13.0. The van der Waals surface area contributed by atoms with Crippen molar-refractivity contribution in [1.29, 1.82) is 0 Å². The molecule has 1 aromatic carbocycles. The molecule has 1 rings (SSSR count). The van der Waals surface area contributed by atoms with Crippen molar-refractivity contribution in [2.75, 3.05) is 26.9 Å². The Morgan fingerprint density at radius 3 is 2.68 bits per heavy atom. The fourth-order valence-electron chi connectivity index (χ4n) is 2.02. The fourth-order valence-corrected chi connectivity index (χ4v) is 2.02. The minimum atomic E-state index is -0.948. The number of carboxylic acid groups (broad SMARTS) is 1. The summed E-state index contributed by atoms with van der Waals surface area (Å²) in [4.78, 5) is 23.0. The lowest BCUT2D eigenvalue weighted by Crippen LogP contribution is -2.34. The number of carbonyl (C=O) groups is 2. The van der Waals surface area contributed by atoms with Crippen LogP contribution >= 0.6 is 0 Å². The van der Waals surface area contributed by atoms with E-state index in [1.54, 1.807) is 13.2 Å². The molecule has 0 saturated heterocycles. The number of para-hydroxylation sites is 1. The molecule has 6 nitrogen and oxygen atoms in total. The van der Waals surface area contributed by atoms with Crippen molar-refractivity contribution in [1.82, 2.24) is 5.32 Å². The highest BCUT2D eigenvalue weighted by Crippen LogP contribution is 2.20. The molecule has 0 aliphatic rings. The summed E-state index contributed by atoms with van der Waals surface area (Å²) in [6, 6.07) is 7.27. The van der Waals surface area contributed by atoms with Crippen molar-refractivity contribution < 1.29 is 24.2 Å². The van der Waals surface area contributed by atoms with E-state index in [9.17, 15) is 14.7 Å². The van der Waals surface area contributed by atoms with Crippen LogP contribution in [-0.4, -0.2) is 43.9 Å². The molecular weight excluding hydrogens is 286 g/mol. The van der Waals surface area contributed by atoms with Crippen LogP contribution < -0.4 is 10.1 Å². The highest BCUT2D eigenvalue weighted by molar-refractivity contribution is 5.77. The normalized spacial score (nSPS) is 11.7. The van der Waals surface area contributed by atoms with Gasteiger partial charge in [0.1, 0.15) is 5.75 Å². The third-order valence-electron chi connectivity index (χ3n) is 3.23. The van der Waals surface area contributed by atoms with E-state index in [2.05, 4.69) is 5.32 Å². The number of hydrogen-bond acceptors (Lipinski definition) is 4. The summed E-state index contributed by atoms with van der Waals surface area (Å²) >= 11 is 0. The van der Waals surface area contributed by atoms with Gasteiger partial charge in [-0.2, -0.15) is 0 Å². The van der Waals surface area contributed by atoms with Gasteiger partial charge in [-0.05, 0) is 25.0 Å². The van der Waals surface area contributed by atoms with Crippen molar-refractivity contribution in [2.45, 2.75) is 19.8 Å². The molecule has 1 atom stereocenters. The predicted molar refractivity (Wildman–Crippen MR) is 81.9 cm³/mol. The van der Waals surface area contributed by atoms with Gasteiger partial charge in [-0.15, -0.1) is 0 Å². The van der Waals surface area contributed by atoms with Crippen LogP contribution in [0.5, 0.6) is 5.75 Å². The standard InChI is InChI=1S/C16H23NO5/c1-3-22-9-8-15(18)17-11-13(16(19)20)10-12-6-4-5-7-14(12)21-2/h4-7,13H,3,8-11H2,1-2H3,(H,17,18)(H,19,20). The largest absolute Gasteiger partial charge is 0.496 e. The second kappa shape index (κ2) is 9.78. The van der Waals surface area contributed by atoms with Gasteiger partial charge in [0.05, 0.1) is 19.6 Å². The van der Waals surface area contributed by atoms with E-state index in [4.69, 9.17) is 9.47 Å². The van der Waals surface area contributed by atoms with Crippen molar-refractivity contribution in [3.63, 3.8) is 0 Å². The topological polar surface area (TPSA) is 84.9 Å². The number of rotatable bonds is 10. The maximum Gasteiger partial charge on any atom is 0.308 e. The Labute approximate surface area is 130 Å². The van der Waals surface area contributed by atoms with Crippen LogP contribution in [0.1, 0.15) is 18.9 Å². The van der Waals surface area contributed by atoms with E-state index in [-0.39, 0.29) is 18.9 Å². The van der Waals surface area contributed by atoms with Crippen LogP contribution in [0.25, 0.3) is 0 Å². The van der Waals surface area contributed by atoms with E-state index in [0.29, 0.717) is 25.4 Å². The van der Waals surface area contributed by atoms with Gasteiger partial charge in [-0.3, -0.25) is 9.59 Å². The maximum absolute atomic E-state index is 11.6. The van der Waals surface area contributed by atoms with E-state index >= 15 is 0 Å². The predicted octanol–water partition coefficient (Wildman–Crippen LogP) is 1.48. The Hall–Kier alpha value is -2.08. The summed E-state index contributed by atoms with van der Waals surface area (Å²) in [7, 11) is 1.55. The van der Waals surface area contributed by atoms with Gasteiger partial charge in [-0.25, -0.2) is 0 Å². The van der Waals surface area contributed by atoms with Crippen LogP contribution in [0.3, 0.4) is 0 Å². The molecule has 0 spiro atoms. The van der Waals surface area contributed by atoms with Crippen LogP contribution in [0, 0.1) is 5.92 Å². The van der Waals surface area contributed by atoms with Crippen LogP contribution in [0.15, 0.2) is 24.3 Å². The van der Waals surface area contributed by atoms with Crippen molar-refractivity contribution in [2.24, 2.45) is 5.92 Å². The number of hydrogen-bond donors (Lipinski definition) is 2. The Balaban J connectivity index is 2.55. The molecule has 2 N–H and O–H groups in total. The van der Waals surface area contributed by atoms with Gasteiger partial charge in [0.25, 0.3) is 0 Å². The molecule has 1 unspecified atom stereocenters. The molecule has 0 radical (unpaired) electrons. The molecule has 1 amide bonds. The van der Waals surface area contributed by atoms with Gasteiger partial charge in [0.2, 0.25) is 5.91 Å². The first kappa shape index (κ1) is 18.0. The Morgan fingerprint density at radius 1 is 1.32 bits per heavy atom. The second-order valence-corrected chi connectivity index (χ2v) is 4.80. The van der Waals surface area contributed by atoms with Gasteiger partial charge in [0.15, 0.2) is 0 Å². The molecule has 1 aromatic rings. The van der Waals surface area contributed by atoms with Crippen molar-refractivity contribution in [3.05, 3.63) is 29.8 Å². The number of methoxy groups -OCH3 is 1. The highest BCUT2D eigenvalue weighted by Gasteiger charge is 2.20. The number of carbonyl (C=O) groups excluding carboxylic acids is 1. The van der Waals surface area contributed by atoms with Crippen LogP contribution in [0.2, 0.25) is 0 Å². The zero-order valence-corrected chi connectivity index (χ0v) is 13.0. The van der Waals surface area contributed by atoms with Crippen molar-refractivity contribution in [3.8, 4) is 5.75 Å². The first-order valence-electron chi connectivity index (χ1n) is 7.27. The molecule has 22 heavy (non-hydrogen) atoms. The summed E-state index contributed by atoms with van der Waals surface area (Å²) in [5.41, 5.74) is 0.806. The maximum atomic E-state index is 11.6. The molecule has 0 fully saturated rings. The third kappa shape index (κ3) is 6.13. The van der Waals surface area contributed by atoms with E-state index in [0.717, 1.165) is 5.56 Å². The second-order valence-electron chi connectivity index (χ2n) is 4.80. The Kier molecular flexibility index (Phi) is 7.99. The average Bonchev–Trinajstić information content (AvgIpc) is 2.51. The molecule has 0 heterocycles. The SMILES string of the molecule is CCOCCC(=O)NCC(Cc1ccccc1OC)C(=O)O. The highest BCUT2D eigenvalue weighted by atomic mass is 16.5. The Bertz CT molecular complexity index is 489. The number of aliphatic carboxylic acids is 1. The van der Waals surface area contributed by atoms with Gasteiger partial charge in [-0.1, -0.05) is 18.2 Å². The number of benzene rings is 1. The molecule has 122 valence electrons. The first-order chi connectivity index (χ1) is 10.6. The molecule has 0 aromatic heterocycles.